The van der Waals surface area contributed by atoms with E-state index in [1.165, 1.54) is 16.4 Å². The molecule has 2 aromatic carbocycles. The van der Waals surface area contributed by atoms with E-state index in [-0.39, 0.29) is 29.1 Å². The average Bonchev–Trinajstić information content (AvgIpc) is 3.15. The maximum absolute atomic E-state index is 13.2. The van der Waals surface area contributed by atoms with E-state index >= 15 is 0 Å². The summed E-state index contributed by atoms with van der Waals surface area (Å²) in [6, 6.07) is 14.4. The normalized spacial score (nSPS) is 17.9. The van der Waals surface area contributed by atoms with E-state index < -0.39 is 40.4 Å². The number of ether oxygens (including phenoxy) is 1. The number of para-hydroxylation sites is 1. The second-order valence-electron chi connectivity index (χ2n) is 7.97. The van der Waals surface area contributed by atoms with Crippen LogP contribution in [0, 0.1) is 34.4 Å². The van der Waals surface area contributed by atoms with Crippen LogP contribution in [0.1, 0.15) is 18.4 Å². The highest BCUT2D eigenvalue weighted by Crippen LogP contribution is 2.38. The summed E-state index contributed by atoms with van der Waals surface area (Å²) in [7, 11) is -3.92. The van der Waals surface area contributed by atoms with Crippen molar-refractivity contribution < 1.29 is 27.1 Å². The summed E-state index contributed by atoms with van der Waals surface area (Å²) in [4.78, 5) is 26.8. The van der Waals surface area contributed by atoms with Crippen molar-refractivity contribution in [2.75, 3.05) is 24.7 Å². The Morgan fingerprint density at radius 2 is 1.80 bits per heavy atom. The van der Waals surface area contributed by atoms with E-state index in [9.17, 15) is 32.9 Å². The first-order chi connectivity index (χ1) is 16.8. The molecule has 2 heterocycles. The molecule has 1 saturated heterocycles. The molecule has 1 unspecified atom stereocenters. The summed E-state index contributed by atoms with van der Waals surface area (Å²) in [5.41, 5.74) is 0.384. The molecular weight excluding hydrogens is 475 g/mol. The molecule has 0 saturated carbocycles. The van der Waals surface area contributed by atoms with Crippen molar-refractivity contribution in [3.05, 3.63) is 65.5 Å². The third-order valence-corrected chi connectivity index (χ3v) is 7.78. The van der Waals surface area contributed by atoms with Crippen LogP contribution in [0.3, 0.4) is 0 Å². The number of benzene rings is 2. The van der Waals surface area contributed by atoms with Crippen molar-refractivity contribution in [1.82, 2.24) is 4.31 Å². The monoisotopic (exact) mass is 494 g/mol. The molecule has 1 fully saturated rings. The van der Waals surface area contributed by atoms with Gasteiger partial charge in [0.2, 0.25) is 10.0 Å². The first-order valence-electron chi connectivity index (χ1n) is 10.7. The number of carbonyl (C=O) groups excluding carboxylic acids is 2. The Labute approximate surface area is 201 Å². The number of hydrogen-bond donors (Lipinski definition) is 0. The predicted octanol–water partition coefficient (Wildman–Crippen LogP) is 2.57. The first-order valence-corrected chi connectivity index (χ1v) is 12.1. The van der Waals surface area contributed by atoms with Gasteiger partial charge < -0.3 is 4.74 Å². The molecular formula is C24H19FN4O5S. The summed E-state index contributed by atoms with van der Waals surface area (Å²) in [5, 5.41) is 18.5. The molecule has 0 spiro atoms. The zero-order chi connectivity index (χ0) is 25.2. The van der Waals surface area contributed by atoms with Crippen LogP contribution in [0.5, 0.6) is 0 Å². The fourth-order valence-corrected chi connectivity index (χ4v) is 5.67. The van der Waals surface area contributed by atoms with Crippen LogP contribution < -0.4 is 4.90 Å². The number of halogens is 1. The number of amides is 1. The molecule has 1 amide bonds. The molecule has 1 atom stereocenters. The molecule has 2 aliphatic rings. The molecule has 0 bridgehead atoms. The Kier molecular flexibility index (Phi) is 6.65. The van der Waals surface area contributed by atoms with Gasteiger partial charge in [0.25, 0.3) is 5.91 Å². The number of nitriles is 2. The number of hydrogen-bond acceptors (Lipinski definition) is 7. The molecule has 0 radical (unpaired) electrons. The highest BCUT2D eigenvalue weighted by atomic mass is 32.2. The van der Waals surface area contributed by atoms with E-state index in [1.54, 1.807) is 36.4 Å². The van der Waals surface area contributed by atoms with Gasteiger partial charge in [-0.1, -0.05) is 18.2 Å². The molecule has 2 aromatic rings. The second-order valence-corrected chi connectivity index (χ2v) is 9.91. The minimum atomic E-state index is -3.92. The standard InChI is InChI=1S/C24H19FN4O5S/c25-18-7-9-19(10-8-18)35(32,33)28-11-3-4-16(14-28)24(31)34-15-29-21-6-2-1-5-20(21)22(23(29)30)17(12-26)13-27/h1-2,5-10,16H,3-4,11,14-15H2. The van der Waals surface area contributed by atoms with Gasteiger partial charge in [0.15, 0.2) is 6.73 Å². The van der Waals surface area contributed by atoms with Crippen LogP contribution in [-0.4, -0.2) is 44.4 Å². The number of fused-ring (bicyclic) bond motifs is 1. The van der Waals surface area contributed by atoms with E-state index in [1.807, 2.05) is 0 Å². The summed E-state index contributed by atoms with van der Waals surface area (Å²) in [6.45, 7) is -0.356. The van der Waals surface area contributed by atoms with Gasteiger partial charge >= 0.3 is 5.97 Å². The number of piperidine rings is 1. The quantitative estimate of drug-likeness (QED) is 0.355. The van der Waals surface area contributed by atoms with Gasteiger partial charge in [-0.2, -0.15) is 14.8 Å². The molecule has 0 aliphatic carbocycles. The first kappa shape index (κ1) is 24.1. The fraction of sp³-hybridized carbons (Fsp3) is 0.250. The lowest BCUT2D eigenvalue weighted by Crippen LogP contribution is -2.43. The zero-order valence-electron chi connectivity index (χ0n) is 18.3. The number of allylic oxidation sites excluding steroid dienone is 1. The fourth-order valence-electron chi connectivity index (χ4n) is 4.14. The number of rotatable bonds is 5. The molecule has 4 rings (SSSR count). The highest BCUT2D eigenvalue weighted by Gasteiger charge is 2.37. The number of sulfonamides is 1. The Bertz CT molecular complexity index is 1390. The van der Waals surface area contributed by atoms with Crippen molar-refractivity contribution in [2.24, 2.45) is 5.92 Å². The molecule has 2 aliphatic heterocycles. The van der Waals surface area contributed by atoms with Crippen molar-refractivity contribution in [2.45, 2.75) is 17.7 Å². The maximum atomic E-state index is 13.2. The number of carbonyl (C=O) groups is 2. The largest absolute Gasteiger partial charge is 0.444 e. The Morgan fingerprint density at radius 3 is 2.49 bits per heavy atom. The molecule has 0 aromatic heterocycles. The Balaban J connectivity index is 1.48. The Morgan fingerprint density at radius 1 is 1.11 bits per heavy atom. The van der Waals surface area contributed by atoms with Crippen LogP contribution in [0.25, 0.3) is 5.57 Å². The van der Waals surface area contributed by atoms with Gasteiger partial charge in [0, 0.05) is 18.7 Å². The van der Waals surface area contributed by atoms with Crippen LogP contribution in [0.2, 0.25) is 0 Å². The number of esters is 1. The minimum Gasteiger partial charge on any atom is -0.444 e. The topological polar surface area (TPSA) is 132 Å². The van der Waals surface area contributed by atoms with E-state index in [4.69, 9.17) is 4.74 Å². The summed E-state index contributed by atoms with van der Waals surface area (Å²) < 4.78 is 45.6. The summed E-state index contributed by atoms with van der Waals surface area (Å²) in [6.07, 6.45) is 0.823. The van der Waals surface area contributed by atoms with Crippen molar-refractivity contribution >= 4 is 33.2 Å². The third-order valence-electron chi connectivity index (χ3n) is 5.90. The number of anilines is 1. The smallest absolute Gasteiger partial charge is 0.312 e. The molecule has 178 valence electrons. The summed E-state index contributed by atoms with van der Waals surface area (Å²) in [5.74, 6) is -2.62. The zero-order valence-corrected chi connectivity index (χ0v) is 19.2. The molecule has 11 heteroatoms. The number of nitrogens with zero attached hydrogens (tertiary/aromatic N) is 4. The van der Waals surface area contributed by atoms with Crippen LogP contribution in [0.15, 0.2) is 59.0 Å². The maximum Gasteiger partial charge on any atom is 0.312 e. The van der Waals surface area contributed by atoms with E-state index in [0.29, 0.717) is 24.1 Å². The van der Waals surface area contributed by atoms with Crippen LogP contribution >= 0.6 is 0 Å². The lowest BCUT2D eigenvalue weighted by atomic mass is 10.0. The SMILES string of the molecule is N#CC(C#N)=C1C(=O)N(COC(=O)C2CCCN(S(=O)(=O)c3ccc(F)cc3)C2)c2ccccc21. The summed E-state index contributed by atoms with van der Waals surface area (Å²) >= 11 is 0. The van der Waals surface area contributed by atoms with E-state index in [2.05, 4.69) is 0 Å². The van der Waals surface area contributed by atoms with Gasteiger partial charge in [0.05, 0.1) is 22.1 Å². The van der Waals surface area contributed by atoms with Gasteiger partial charge in [-0.25, -0.2) is 12.8 Å². The van der Waals surface area contributed by atoms with E-state index in [0.717, 1.165) is 17.0 Å². The molecule has 0 N–H and O–H groups in total. The molecule has 35 heavy (non-hydrogen) atoms. The molecule has 9 nitrogen and oxygen atoms in total. The average molecular weight is 495 g/mol. The Hall–Kier alpha value is -4.06. The van der Waals surface area contributed by atoms with Crippen LogP contribution in [-0.2, 0) is 24.3 Å². The van der Waals surface area contributed by atoms with Crippen molar-refractivity contribution in [1.29, 1.82) is 10.5 Å². The minimum absolute atomic E-state index is 0.0594. The van der Waals surface area contributed by atoms with Gasteiger partial charge in [-0.3, -0.25) is 14.5 Å². The lowest BCUT2D eigenvalue weighted by Gasteiger charge is -2.31. The van der Waals surface area contributed by atoms with Gasteiger partial charge in [0.1, 0.15) is 23.5 Å². The van der Waals surface area contributed by atoms with Crippen molar-refractivity contribution in [3.63, 3.8) is 0 Å². The lowest BCUT2D eigenvalue weighted by molar-refractivity contribution is -0.149. The predicted molar refractivity (Wildman–Crippen MR) is 121 cm³/mol. The highest BCUT2D eigenvalue weighted by molar-refractivity contribution is 7.89. The second kappa shape index (κ2) is 9.66. The van der Waals surface area contributed by atoms with Gasteiger partial charge in [-0.05, 0) is 43.2 Å². The van der Waals surface area contributed by atoms with Gasteiger partial charge in [-0.15, -0.1) is 0 Å². The van der Waals surface area contributed by atoms with Crippen LogP contribution in [0.4, 0.5) is 10.1 Å². The third kappa shape index (κ3) is 4.52. The van der Waals surface area contributed by atoms with Crippen molar-refractivity contribution in [3.8, 4) is 12.1 Å².